The summed E-state index contributed by atoms with van der Waals surface area (Å²) >= 11 is 1.61. The molecule has 1 saturated heterocycles. The highest BCUT2D eigenvalue weighted by Crippen LogP contribution is 2.47. The van der Waals surface area contributed by atoms with Crippen molar-refractivity contribution in [2.75, 3.05) is 30.8 Å². The third kappa shape index (κ3) is 7.07. The summed E-state index contributed by atoms with van der Waals surface area (Å²) in [6.45, 7) is 16.5. The third-order valence-corrected chi connectivity index (χ3v) is 9.99. The molecule has 216 valence electrons. The van der Waals surface area contributed by atoms with Gasteiger partial charge in [0.25, 0.3) is 0 Å². The number of ether oxygens (including phenoxy) is 1. The standard InChI is InChI=1S/C32H46N6OS/c1-7-8-11-26-29(40-27-12-10-19-34-25(27)5)30(33)37-31(36-26)38-20-17-32(18-21-38)16-9-13-28(32)35-24(4)22(2)14-15-23(3)39-6/h7-8,10,12,19,24,28,35H,2-3,9,11,13-18,20-21H2,1,4-6H3,(H2,33,36,37). The highest BCUT2D eigenvalue weighted by atomic mass is 32.2. The Labute approximate surface area is 244 Å². The molecular formula is C32H46N6OS. The molecule has 40 heavy (non-hydrogen) atoms. The number of methoxy groups -OCH3 is 1. The van der Waals surface area contributed by atoms with E-state index >= 15 is 0 Å². The van der Waals surface area contributed by atoms with Crippen molar-refractivity contribution in [1.29, 1.82) is 0 Å². The van der Waals surface area contributed by atoms with Crippen LogP contribution in [0.25, 0.3) is 0 Å². The molecule has 2 aliphatic rings. The van der Waals surface area contributed by atoms with Gasteiger partial charge in [-0.3, -0.25) is 4.98 Å². The van der Waals surface area contributed by atoms with Crippen molar-refractivity contribution in [2.45, 2.75) is 94.0 Å². The van der Waals surface area contributed by atoms with E-state index in [1.165, 1.54) is 24.8 Å². The lowest BCUT2D eigenvalue weighted by Gasteiger charge is -2.44. The van der Waals surface area contributed by atoms with Crippen molar-refractivity contribution in [3.8, 4) is 0 Å². The van der Waals surface area contributed by atoms with E-state index in [0.717, 1.165) is 78.1 Å². The van der Waals surface area contributed by atoms with E-state index in [9.17, 15) is 0 Å². The molecule has 0 bridgehead atoms. The molecule has 8 heteroatoms. The van der Waals surface area contributed by atoms with Crippen LogP contribution in [0.3, 0.4) is 0 Å². The Morgan fingerprint density at radius 1 is 1.27 bits per heavy atom. The summed E-state index contributed by atoms with van der Waals surface area (Å²) in [4.78, 5) is 18.7. The number of nitrogens with one attached hydrogen (secondary N) is 1. The van der Waals surface area contributed by atoms with Gasteiger partial charge in [-0.05, 0) is 70.4 Å². The van der Waals surface area contributed by atoms with E-state index < -0.39 is 0 Å². The Balaban J connectivity index is 1.44. The summed E-state index contributed by atoms with van der Waals surface area (Å²) in [6.07, 6.45) is 14.5. The SMILES string of the molecule is C=C(CCC(=C)C(C)NC1CCCC12CCN(c1nc(N)c(Sc3cccnc3C)c(CC=CC)n1)CC2)OC. The minimum Gasteiger partial charge on any atom is -0.502 e. The van der Waals surface area contributed by atoms with Gasteiger partial charge in [-0.25, -0.2) is 4.98 Å². The molecule has 1 aliphatic heterocycles. The number of hydrogen-bond acceptors (Lipinski definition) is 8. The Morgan fingerprint density at radius 3 is 2.75 bits per heavy atom. The van der Waals surface area contributed by atoms with Crippen LogP contribution in [0.4, 0.5) is 11.8 Å². The fourth-order valence-electron chi connectivity index (χ4n) is 6.00. The zero-order chi connectivity index (χ0) is 28.7. The predicted octanol–water partition coefficient (Wildman–Crippen LogP) is 6.65. The Hall–Kier alpha value is -2.84. The van der Waals surface area contributed by atoms with E-state index in [0.29, 0.717) is 17.3 Å². The van der Waals surface area contributed by atoms with Crippen molar-refractivity contribution in [3.05, 3.63) is 66.4 Å². The lowest BCUT2D eigenvalue weighted by Crippen LogP contribution is -2.51. The van der Waals surface area contributed by atoms with Crippen molar-refractivity contribution in [2.24, 2.45) is 5.41 Å². The van der Waals surface area contributed by atoms with Crippen molar-refractivity contribution in [1.82, 2.24) is 20.3 Å². The van der Waals surface area contributed by atoms with Gasteiger partial charge >= 0.3 is 0 Å². The fraction of sp³-hybridized carbons (Fsp3) is 0.531. The third-order valence-electron chi connectivity index (χ3n) is 8.69. The molecule has 2 atom stereocenters. The number of aryl methyl sites for hydroxylation is 1. The van der Waals surface area contributed by atoms with Crippen LogP contribution in [0.2, 0.25) is 0 Å². The molecule has 3 N–H and O–H groups in total. The minimum atomic E-state index is 0.272. The molecule has 2 fully saturated rings. The van der Waals surface area contributed by atoms with Crippen LogP contribution < -0.4 is 16.0 Å². The van der Waals surface area contributed by atoms with Crippen molar-refractivity contribution >= 4 is 23.5 Å². The summed E-state index contributed by atoms with van der Waals surface area (Å²) in [6, 6.07) is 4.80. The van der Waals surface area contributed by atoms with E-state index in [2.05, 4.69) is 53.5 Å². The maximum absolute atomic E-state index is 6.60. The Morgan fingerprint density at radius 2 is 2.05 bits per heavy atom. The lowest BCUT2D eigenvalue weighted by molar-refractivity contribution is 0.166. The molecule has 3 heterocycles. The van der Waals surface area contributed by atoms with Gasteiger partial charge in [0.05, 0.1) is 29.2 Å². The predicted molar refractivity (Wildman–Crippen MR) is 167 cm³/mol. The summed E-state index contributed by atoms with van der Waals surface area (Å²) < 4.78 is 5.24. The molecular weight excluding hydrogens is 516 g/mol. The number of anilines is 2. The van der Waals surface area contributed by atoms with Gasteiger partial charge in [0.2, 0.25) is 5.95 Å². The topological polar surface area (TPSA) is 89.2 Å². The van der Waals surface area contributed by atoms with E-state index in [1.807, 2.05) is 26.1 Å². The number of nitrogens with two attached hydrogens (primary N) is 1. The first-order valence-electron chi connectivity index (χ1n) is 14.5. The van der Waals surface area contributed by atoms with Gasteiger partial charge in [0.15, 0.2) is 0 Å². The van der Waals surface area contributed by atoms with Gasteiger partial charge in [-0.1, -0.05) is 49.1 Å². The maximum Gasteiger partial charge on any atom is 0.227 e. The Kier molecular flexibility index (Phi) is 10.3. The molecule has 1 spiro atoms. The first-order valence-corrected chi connectivity index (χ1v) is 15.4. The molecule has 1 aliphatic carbocycles. The average Bonchev–Trinajstić information content (AvgIpc) is 3.33. The second kappa shape index (κ2) is 13.7. The number of piperidine rings is 1. The maximum atomic E-state index is 6.60. The summed E-state index contributed by atoms with van der Waals surface area (Å²) in [5.74, 6) is 2.11. The zero-order valence-electron chi connectivity index (χ0n) is 24.7. The van der Waals surface area contributed by atoms with E-state index in [-0.39, 0.29) is 6.04 Å². The monoisotopic (exact) mass is 562 g/mol. The largest absolute Gasteiger partial charge is 0.502 e. The number of pyridine rings is 1. The first-order chi connectivity index (χ1) is 19.3. The Bertz CT molecular complexity index is 1220. The normalized spacial score (nSPS) is 19.3. The second-order valence-corrected chi connectivity index (χ2v) is 12.3. The average molecular weight is 563 g/mol. The molecule has 2 aromatic rings. The van der Waals surface area contributed by atoms with Crippen LogP contribution in [0, 0.1) is 12.3 Å². The first kappa shape index (κ1) is 30.1. The molecule has 2 aromatic heterocycles. The van der Waals surface area contributed by atoms with Gasteiger partial charge in [0.1, 0.15) is 5.82 Å². The molecule has 1 saturated carbocycles. The number of rotatable bonds is 12. The van der Waals surface area contributed by atoms with Crippen molar-refractivity contribution in [3.63, 3.8) is 0 Å². The molecule has 2 unspecified atom stereocenters. The minimum absolute atomic E-state index is 0.272. The number of nitrogen functional groups attached to an aromatic ring is 1. The van der Waals surface area contributed by atoms with Gasteiger partial charge in [-0.15, -0.1) is 0 Å². The van der Waals surface area contributed by atoms with Crippen LogP contribution in [0.15, 0.2) is 64.8 Å². The smallest absolute Gasteiger partial charge is 0.227 e. The molecule has 0 radical (unpaired) electrons. The van der Waals surface area contributed by atoms with Gasteiger partial charge < -0.3 is 20.7 Å². The summed E-state index contributed by atoms with van der Waals surface area (Å²) in [5.41, 5.74) is 10.1. The number of nitrogens with zero attached hydrogens (tertiary/aromatic N) is 4. The zero-order valence-corrected chi connectivity index (χ0v) is 25.5. The van der Waals surface area contributed by atoms with Crippen LogP contribution in [-0.4, -0.2) is 47.2 Å². The molecule has 0 amide bonds. The van der Waals surface area contributed by atoms with Gasteiger partial charge in [-0.2, -0.15) is 4.98 Å². The highest BCUT2D eigenvalue weighted by Gasteiger charge is 2.45. The summed E-state index contributed by atoms with van der Waals surface area (Å²) in [5, 5.41) is 3.96. The summed E-state index contributed by atoms with van der Waals surface area (Å²) in [7, 11) is 1.68. The lowest BCUT2D eigenvalue weighted by atomic mass is 9.73. The highest BCUT2D eigenvalue weighted by molar-refractivity contribution is 7.99. The molecule has 0 aromatic carbocycles. The second-order valence-electron chi connectivity index (χ2n) is 11.2. The van der Waals surface area contributed by atoms with E-state index in [1.54, 1.807) is 18.9 Å². The van der Waals surface area contributed by atoms with Crippen molar-refractivity contribution < 1.29 is 4.74 Å². The molecule has 7 nitrogen and oxygen atoms in total. The van der Waals surface area contributed by atoms with Gasteiger partial charge in [0, 0.05) is 49.1 Å². The number of aromatic nitrogens is 3. The van der Waals surface area contributed by atoms with Crippen LogP contribution in [-0.2, 0) is 11.2 Å². The van der Waals surface area contributed by atoms with E-state index in [4.69, 9.17) is 20.4 Å². The molecule has 4 rings (SSSR count). The van der Waals surface area contributed by atoms with Crippen LogP contribution in [0.1, 0.15) is 70.2 Å². The van der Waals surface area contributed by atoms with Crippen LogP contribution in [0.5, 0.6) is 0 Å². The number of allylic oxidation sites excluding steroid dienone is 3. The van der Waals surface area contributed by atoms with Crippen LogP contribution >= 0.6 is 11.8 Å². The number of hydrogen-bond donors (Lipinski definition) is 2. The fourth-order valence-corrected chi connectivity index (χ4v) is 6.96. The quantitative estimate of drug-likeness (QED) is 0.220.